The molecule has 1 aliphatic rings. The molecule has 0 aliphatic heterocycles. The molecule has 1 fully saturated rings. The predicted molar refractivity (Wildman–Crippen MR) is 44.3 cm³/mol. The van der Waals surface area contributed by atoms with Gasteiger partial charge in [0.2, 0.25) is 5.91 Å². The molecule has 0 saturated heterocycles. The normalized spacial score (nSPS) is 27.1. The quantitative estimate of drug-likeness (QED) is 0.684. The van der Waals surface area contributed by atoms with Crippen LogP contribution in [0.4, 0.5) is 8.78 Å². The van der Waals surface area contributed by atoms with Gasteiger partial charge in [-0.15, -0.1) is 0 Å². The average Bonchev–Trinajstić information content (AvgIpc) is 2.57. The summed E-state index contributed by atoms with van der Waals surface area (Å²) in [5.41, 5.74) is 5.35. The highest BCUT2D eigenvalue weighted by Gasteiger charge is 2.61. The first kappa shape index (κ1) is 10.4. The monoisotopic (exact) mass is 192 g/mol. The molecule has 5 heteroatoms. The van der Waals surface area contributed by atoms with E-state index in [2.05, 4.69) is 5.32 Å². The van der Waals surface area contributed by atoms with E-state index < -0.39 is 23.8 Å². The first-order chi connectivity index (χ1) is 5.84. The van der Waals surface area contributed by atoms with E-state index in [0.717, 1.165) is 0 Å². The minimum absolute atomic E-state index is 0.0640. The maximum absolute atomic E-state index is 12.5. The molecule has 3 N–H and O–H groups in total. The number of carbonyl (C=O) groups excluding carboxylic acids is 1. The average molecular weight is 192 g/mol. The predicted octanol–water partition coefficient (Wildman–Crippen LogP) is 0.493. The third kappa shape index (κ3) is 2.37. The minimum atomic E-state index is -2.73. The van der Waals surface area contributed by atoms with Gasteiger partial charge in [-0.25, -0.2) is 8.78 Å². The van der Waals surface area contributed by atoms with Crippen LogP contribution in [0, 0.1) is 5.92 Å². The fourth-order valence-corrected chi connectivity index (χ4v) is 1.19. The smallest absolute Gasteiger partial charge is 0.253 e. The lowest BCUT2D eigenvalue weighted by Crippen LogP contribution is -2.45. The molecule has 76 valence electrons. The van der Waals surface area contributed by atoms with Gasteiger partial charge >= 0.3 is 0 Å². The Morgan fingerprint density at radius 3 is 2.38 bits per heavy atom. The number of hydrogen-bond acceptors (Lipinski definition) is 2. The van der Waals surface area contributed by atoms with Crippen molar-refractivity contribution in [3.63, 3.8) is 0 Å². The van der Waals surface area contributed by atoms with Crippen molar-refractivity contribution in [1.29, 1.82) is 0 Å². The Morgan fingerprint density at radius 1 is 1.62 bits per heavy atom. The van der Waals surface area contributed by atoms with Crippen molar-refractivity contribution in [3.05, 3.63) is 0 Å². The second-order valence-electron chi connectivity index (χ2n) is 3.76. The standard InChI is InChI=1S/C8H14F2N2O/c1-4(2)12-7(13)6(11)5-3-8(5,9)10/h4-6H,3,11H2,1-2H3,(H,12,13). The molecule has 0 aromatic carbocycles. The van der Waals surface area contributed by atoms with Gasteiger partial charge in [-0.1, -0.05) is 0 Å². The van der Waals surface area contributed by atoms with Gasteiger partial charge in [-0.2, -0.15) is 0 Å². The summed E-state index contributed by atoms with van der Waals surface area (Å²) in [6.07, 6.45) is -0.264. The van der Waals surface area contributed by atoms with Crippen LogP contribution in [0.1, 0.15) is 20.3 Å². The largest absolute Gasteiger partial charge is 0.353 e. The molecule has 13 heavy (non-hydrogen) atoms. The molecule has 0 bridgehead atoms. The van der Waals surface area contributed by atoms with Crippen molar-refractivity contribution in [2.24, 2.45) is 11.7 Å². The number of nitrogens with one attached hydrogen (secondary N) is 1. The highest BCUT2D eigenvalue weighted by atomic mass is 19.3. The summed E-state index contributed by atoms with van der Waals surface area (Å²) in [6.45, 7) is 3.52. The third-order valence-corrected chi connectivity index (χ3v) is 2.04. The Hall–Kier alpha value is -0.710. The molecule has 2 atom stereocenters. The molecule has 0 aromatic rings. The van der Waals surface area contributed by atoms with Crippen molar-refractivity contribution < 1.29 is 13.6 Å². The van der Waals surface area contributed by atoms with Crippen LogP contribution in [0.3, 0.4) is 0 Å². The van der Waals surface area contributed by atoms with E-state index in [-0.39, 0.29) is 12.5 Å². The lowest BCUT2D eigenvalue weighted by molar-refractivity contribution is -0.124. The van der Waals surface area contributed by atoms with Crippen molar-refractivity contribution in [1.82, 2.24) is 5.32 Å². The summed E-state index contributed by atoms with van der Waals surface area (Å²) in [7, 11) is 0. The van der Waals surface area contributed by atoms with Crippen LogP contribution >= 0.6 is 0 Å². The summed E-state index contributed by atoms with van der Waals surface area (Å²) >= 11 is 0. The summed E-state index contributed by atoms with van der Waals surface area (Å²) in [6, 6.07) is -1.14. The van der Waals surface area contributed by atoms with E-state index in [1.54, 1.807) is 13.8 Å². The molecule has 1 amide bonds. The van der Waals surface area contributed by atoms with E-state index in [4.69, 9.17) is 5.73 Å². The van der Waals surface area contributed by atoms with Crippen molar-refractivity contribution >= 4 is 5.91 Å². The van der Waals surface area contributed by atoms with Gasteiger partial charge < -0.3 is 11.1 Å². The first-order valence-electron chi connectivity index (χ1n) is 4.28. The van der Waals surface area contributed by atoms with Gasteiger partial charge in [0.1, 0.15) is 0 Å². The number of hydrogen-bond donors (Lipinski definition) is 2. The second kappa shape index (κ2) is 3.21. The van der Waals surface area contributed by atoms with E-state index in [1.807, 2.05) is 0 Å². The van der Waals surface area contributed by atoms with E-state index >= 15 is 0 Å². The van der Waals surface area contributed by atoms with Crippen LogP contribution in [-0.4, -0.2) is 23.9 Å². The second-order valence-corrected chi connectivity index (χ2v) is 3.76. The maximum atomic E-state index is 12.5. The summed E-state index contributed by atoms with van der Waals surface area (Å²) in [5.74, 6) is -4.18. The van der Waals surface area contributed by atoms with E-state index in [0.29, 0.717) is 0 Å². The van der Waals surface area contributed by atoms with Crippen molar-refractivity contribution in [3.8, 4) is 0 Å². The molecular weight excluding hydrogens is 178 g/mol. The Balaban J connectivity index is 2.41. The van der Waals surface area contributed by atoms with E-state index in [1.165, 1.54) is 0 Å². The zero-order valence-corrected chi connectivity index (χ0v) is 7.68. The molecular formula is C8H14F2N2O. The topological polar surface area (TPSA) is 55.1 Å². The fourth-order valence-electron chi connectivity index (χ4n) is 1.19. The zero-order chi connectivity index (χ0) is 10.2. The molecule has 0 heterocycles. The molecule has 1 aliphatic carbocycles. The van der Waals surface area contributed by atoms with Gasteiger partial charge in [0, 0.05) is 12.5 Å². The van der Waals surface area contributed by atoms with Crippen molar-refractivity contribution in [2.75, 3.05) is 0 Å². The molecule has 1 saturated carbocycles. The van der Waals surface area contributed by atoms with Crippen LogP contribution in [0.2, 0.25) is 0 Å². The molecule has 0 radical (unpaired) electrons. The van der Waals surface area contributed by atoms with Gasteiger partial charge in [-0.3, -0.25) is 4.79 Å². The Morgan fingerprint density at radius 2 is 2.08 bits per heavy atom. The summed E-state index contributed by atoms with van der Waals surface area (Å²) < 4.78 is 25.0. The van der Waals surface area contributed by atoms with Crippen LogP contribution in [-0.2, 0) is 4.79 Å². The fraction of sp³-hybridized carbons (Fsp3) is 0.875. The lowest BCUT2D eigenvalue weighted by Gasteiger charge is -2.13. The van der Waals surface area contributed by atoms with Crippen molar-refractivity contribution in [2.45, 2.75) is 38.3 Å². The zero-order valence-electron chi connectivity index (χ0n) is 7.68. The first-order valence-corrected chi connectivity index (χ1v) is 4.28. The Kier molecular flexibility index (Phi) is 2.56. The SMILES string of the molecule is CC(C)NC(=O)C(N)C1CC1(F)F. The van der Waals surface area contributed by atoms with Gasteiger partial charge in [0.05, 0.1) is 12.0 Å². The Labute approximate surface area is 75.7 Å². The van der Waals surface area contributed by atoms with Gasteiger partial charge in [0.15, 0.2) is 0 Å². The van der Waals surface area contributed by atoms with Gasteiger partial charge in [0.25, 0.3) is 5.92 Å². The molecule has 1 rings (SSSR count). The maximum Gasteiger partial charge on any atom is 0.253 e. The minimum Gasteiger partial charge on any atom is -0.353 e. The number of halogens is 2. The van der Waals surface area contributed by atoms with Crippen LogP contribution in [0.25, 0.3) is 0 Å². The van der Waals surface area contributed by atoms with E-state index in [9.17, 15) is 13.6 Å². The molecule has 3 nitrogen and oxygen atoms in total. The highest BCUT2D eigenvalue weighted by Crippen LogP contribution is 2.50. The number of rotatable bonds is 3. The lowest BCUT2D eigenvalue weighted by atomic mass is 10.1. The third-order valence-electron chi connectivity index (χ3n) is 2.04. The number of carbonyl (C=O) groups is 1. The molecule has 0 spiro atoms. The van der Waals surface area contributed by atoms with Gasteiger partial charge in [-0.05, 0) is 13.8 Å². The number of nitrogens with two attached hydrogens (primary N) is 1. The Bertz CT molecular complexity index is 218. The highest BCUT2D eigenvalue weighted by molar-refractivity contribution is 5.82. The van der Waals surface area contributed by atoms with Crippen LogP contribution in [0.15, 0.2) is 0 Å². The molecule has 2 unspecified atom stereocenters. The van der Waals surface area contributed by atoms with Crippen LogP contribution in [0.5, 0.6) is 0 Å². The summed E-state index contributed by atoms with van der Waals surface area (Å²) in [5, 5.41) is 2.50. The molecule has 0 aromatic heterocycles. The van der Waals surface area contributed by atoms with Crippen LogP contribution < -0.4 is 11.1 Å². The summed E-state index contributed by atoms with van der Waals surface area (Å²) in [4.78, 5) is 11.2. The number of alkyl halides is 2. The number of amides is 1.